The van der Waals surface area contributed by atoms with Crippen molar-refractivity contribution in [3.05, 3.63) is 38.8 Å². The highest BCUT2D eigenvalue weighted by Crippen LogP contribution is 2.33. The molecule has 0 aliphatic heterocycles. The highest BCUT2D eigenvalue weighted by Gasteiger charge is 2.18. The van der Waals surface area contributed by atoms with Crippen molar-refractivity contribution in [1.82, 2.24) is 9.78 Å². The summed E-state index contributed by atoms with van der Waals surface area (Å²) in [5.41, 5.74) is 3.69. The predicted molar refractivity (Wildman–Crippen MR) is 86.8 cm³/mol. The highest BCUT2D eigenvalue weighted by atomic mass is 32.1. The van der Waals surface area contributed by atoms with E-state index in [1.165, 1.54) is 42.5 Å². The second-order valence-electron chi connectivity index (χ2n) is 5.98. The molecule has 0 radical (unpaired) electrons. The number of nitrogens with zero attached hydrogens (tertiary/aromatic N) is 2. The zero-order chi connectivity index (χ0) is 14.8. The molecule has 3 rings (SSSR count). The van der Waals surface area contributed by atoms with Gasteiger partial charge in [0.05, 0.1) is 11.8 Å². The van der Waals surface area contributed by atoms with Gasteiger partial charge in [0.2, 0.25) is 0 Å². The van der Waals surface area contributed by atoms with E-state index >= 15 is 0 Å². The number of aryl methyl sites for hydroxylation is 4. The summed E-state index contributed by atoms with van der Waals surface area (Å²) in [6.07, 6.45) is 7.50. The van der Waals surface area contributed by atoms with E-state index in [-0.39, 0.29) is 0 Å². The van der Waals surface area contributed by atoms with Gasteiger partial charge in [-0.25, -0.2) is 0 Å². The van der Waals surface area contributed by atoms with Gasteiger partial charge in [-0.3, -0.25) is 4.68 Å². The average Bonchev–Trinajstić information content (AvgIpc) is 2.96. The Morgan fingerprint density at radius 2 is 2.10 bits per heavy atom. The number of thiophene rings is 1. The molecule has 0 fully saturated rings. The summed E-state index contributed by atoms with van der Waals surface area (Å²) < 4.78 is 1.90. The van der Waals surface area contributed by atoms with Crippen molar-refractivity contribution < 1.29 is 5.11 Å². The molecule has 0 saturated heterocycles. The molecule has 1 N–H and O–H groups in total. The average molecular weight is 304 g/mol. The van der Waals surface area contributed by atoms with Crippen LogP contribution in [-0.2, 0) is 32.7 Å². The summed E-state index contributed by atoms with van der Waals surface area (Å²) >= 11 is 1.81. The monoisotopic (exact) mass is 304 g/mol. The Bertz CT molecular complexity index is 591. The molecule has 1 aliphatic rings. The molecule has 2 aromatic heterocycles. The molecule has 0 bridgehead atoms. The third-order valence-corrected chi connectivity index (χ3v) is 5.72. The molecule has 2 heterocycles. The summed E-state index contributed by atoms with van der Waals surface area (Å²) in [7, 11) is 1.96. The molecular weight excluding hydrogens is 280 g/mol. The Labute approximate surface area is 130 Å². The first kappa shape index (κ1) is 14.8. The third-order valence-electron chi connectivity index (χ3n) is 4.39. The zero-order valence-electron chi connectivity index (χ0n) is 12.9. The van der Waals surface area contributed by atoms with Gasteiger partial charge in [0.25, 0.3) is 0 Å². The Hall–Kier alpha value is -1.13. The molecule has 1 unspecified atom stereocenters. The molecule has 3 nitrogen and oxygen atoms in total. The molecule has 0 aromatic carbocycles. The Kier molecular flexibility index (Phi) is 4.45. The van der Waals surface area contributed by atoms with Crippen LogP contribution in [0.3, 0.4) is 0 Å². The largest absolute Gasteiger partial charge is 0.387 e. The lowest BCUT2D eigenvalue weighted by Crippen LogP contribution is -2.05. The SMILES string of the molecule is CCc1cc(CC(O)c2cc3c(s2)CCCCC3)n(C)n1. The Morgan fingerprint density at radius 3 is 2.86 bits per heavy atom. The normalized spacial score (nSPS) is 16.5. The minimum atomic E-state index is -0.401. The lowest BCUT2D eigenvalue weighted by Gasteiger charge is -2.08. The van der Waals surface area contributed by atoms with Crippen molar-refractivity contribution in [3.63, 3.8) is 0 Å². The van der Waals surface area contributed by atoms with Crippen LogP contribution in [-0.4, -0.2) is 14.9 Å². The molecule has 4 heteroatoms. The minimum absolute atomic E-state index is 0.401. The molecule has 1 atom stereocenters. The first-order valence-corrected chi connectivity index (χ1v) is 8.80. The van der Waals surface area contributed by atoms with Gasteiger partial charge >= 0.3 is 0 Å². The van der Waals surface area contributed by atoms with Gasteiger partial charge in [0, 0.05) is 28.9 Å². The van der Waals surface area contributed by atoms with Gasteiger partial charge in [-0.1, -0.05) is 13.3 Å². The van der Waals surface area contributed by atoms with E-state index in [0.717, 1.165) is 22.7 Å². The lowest BCUT2D eigenvalue weighted by atomic mass is 10.1. The molecule has 0 spiro atoms. The van der Waals surface area contributed by atoms with E-state index in [1.807, 2.05) is 23.1 Å². The summed E-state index contributed by atoms with van der Waals surface area (Å²) in [5, 5.41) is 15.0. The molecule has 0 saturated carbocycles. The molecule has 21 heavy (non-hydrogen) atoms. The van der Waals surface area contributed by atoms with Crippen LogP contribution in [0.2, 0.25) is 0 Å². The standard InChI is InChI=1S/C17H24N2OS/c1-3-13-10-14(19(2)18-13)11-15(20)17-9-12-7-5-4-6-8-16(12)21-17/h9-10,15,20H,3-8,11H2,1-2H3. The number of aliphatic hydroxyl groups excluding tert-OH is 1. The van der Waals surface area contributed by atoms with E-state index < -0.39 is 6.10 Å². The van der Waals surface area contributed by atoms with E-state index in [2.05, 4.69) is 24.2 Å². The maximum absolute atomic E-state index is 10.6. The fourth-order valence-corrected chi connectivity index (χ4v) is 4.33. The van der Waals surface area contributed by atoms with E-state index in [4.69, 9.17) is 0 Å². The van der Waals surface area contributed by atoms with Crippen LogP contribution in [0.5, 0.6) is 0 Å². The van der Waals surface area contributed by atoms with Gasteiger partial charge in [-0.2, -0.15) is 5.10 Å². The number of fused-ring (bicyclic) bond motifs is 1. The Balaban J connectivity index is 1.75. The predicted octanol–water partition coefficient (Wildman–Crippen LogP) is 3.59. The quantitative estimate of drug-likeness (QED) is 0.877. The fourth-order valence-electron chi connectivity index (χ4n) is 3.09. The van der Waals surface area contributed by atoms with Crippen LogP contribution in [0.15, 0.2) is 12.1 Å². The van der Waals surface area contributed by atoms with Crippen molar-refractivity contribution in [2.45, 2.75) is 58.0 Å². The van der Waals surface area contributed by atoms with Crippen molar-refractivity contribution >= 4 is 11.3 Å². The van der Waals surface area contributed by atoms with Gasteiger partial charge in [0.1, 0.15) is 0 Å². The zero-order valence-corrected chi connectivity index (χ0v) is 13.7. The van der Waals surface area contributed by atoms with Crippen molar-refractivity contribution in [3.8, 4) is 0 Å². The first-order valence-electron chi connectivity index (χ1n) is 7.98. The van der Waals surface area contributed by atoms with Gasteiger partial charge < -0.3 is 5.11 Å². The maximum atomic E-state index is 10.6. The van der Waals surface area contributed by atoms with Gasteiger partial charge in [0.15, 0.2) is 0 Å². The van der Waals surface area contributed by atoms with E-state index in [9.17, 15) is 5.11 Å². The van der Waals surface area contributed by atoms with Gasteiger partial charge in [-0.15, -0.1) is 11.3 Å². The number of aliphatic hydroxyl groups is 1. The third kappa shape index (κ3) is 3.22. The second-order valence-corrected chi connectivity index (χ2v) is 7.15. The van der Waals surface area contributed by atoms with Crippen LogP contribution in [0, 0.1) is 0 Å². The first-order chi connectivity index (χ1) is 10.2. The lowest BCUT2D eigenvalue weighted by molar-refractivity contribution is 0.179. The van der Waals surface area contributed by atoms with Crippen molar-refractivity contribution in [2.24, 2.45) is 7.05 Å². The summed E-state index contributed by atoms with van der Waals surface area (Å²) in [5.74, 6) is 0. The fraction of sp³-hybridized carbons (Fsp3) is 0.588. The molecule has 114 valence electrons. The van der Waals surface area contributed by atoms with Crippen LogP contribution in [0.4, 0.5) is 0 Å². The van der Waals surface area contributed by atoms with E-state index in [1.54, 1.807) is 0 Å². The second kappa shape index (κ2) is 6.32. The number of rotatable bonds is 4. The highest BCUT2D eigenvalue weighted by molar-refractivity contribution is 7.12. The topological polar surface area (TPSA) is 38.0 Å². The van der Waals surface area contributed by atoms with Gasteiger partial charge in [-0.05, 0) is 49.8 Å². The van der Waals surface area contributed by atoms with Crippen molar-refractivity contribution in [1.29, 1.82) is 0 Å². The number of aromatic nitrogens is 2. The smallest absolute Gasteiger partial charge is 0.0937 e. The van der Waals surface area contributed by atoms with Crippen LogP contribution in [0.1, 0.15) is 59.0 Å². The minimum Gasteiger partial charge on any atom is -0.387 e. The molecule has 1 aliphatic carbocycles. The van der Waals surface area contributed by atoms with E-state index in [0.29, 0.717) is 6.42 Å². The number of hydrogen-bond acceptors (Lipinski definition) is 3. The summed E-state index contributed by atoms with van der Waals surface area (Å²) in [6.45, 7) is 2.11. The summed E-state index contributed by atoms with van der Waals surface area (Å²) in [6, 6.07) is 4.36. The molecule has 0 amide bonds. The Morgan fingerprint density at radius 1 is 1.29 bits per heavy atom. The van der Waals surface area contributed by atoms with Crippen LogP contribution >= 0.6 is 11.3 Å². The molecule has 2 aromatic rings. The van der Waals surface area contributed by atoms with Crippen molar-refractivity contribution in [2.75, 3.05) is 0 Å². The summed E-state index contributed by atoms with van der Waals surface area (Å²) in [4.78, 5) is 2.63. The van der Waals surface area contributed by atoms with Crippen LogP contribution < -0.4 is 0 Å². The maximum Gasteiger partial charge on any atom is 0.0937 e. The van der Waals surface area contributed by atoms with Crippen LogP contribution in [0.25, 0.3) is 0 Å². The molecular formula is C17H24N2OS. The number of hydrogen-bond donors (Lipinski definition) is 1.